The van der Waals surface area contributed by atoms with E-state index in [4.69, 9.17) is 0 Å². The second-order valence-electron chi connectivity index (χ2n) is 5.50. The van der Waals surface area contributed by atoms with E-state index in [1.165, 1.54) is 0 Å². The van der Waals surface area contributed by atoms with Crippen molar-refractivity contribution >= 4 is 21.4 Å². The number of nitrogens with one attached hydrogen (secondary N) is 1. The van der Waals surface area contributed by atoms with Crippen LogP contribution >= 0.6 is 0 Å². The van der Waals surface area contributed by atoms with Crippen LogP contribution in [0.4, 0.5) is 5.69 Å². The highest BCUT2D eigenvalue weighted by Crippen LogP contribution is 2.18. The zero-order valence-corrected chi connectivity index (χ0v) is 13.1. The van der Waals surface area contributed by atoms with E-state index in [1.807, 2.05) is 37.4 Å². The smallest absolute Gasteiger partial charge is 0.224 e. The van der Waals surface area contributed by atoms with Crippen molar-refractivity contribution < 1.29 is 13.2 Å². The fraction of sp³-hybridized carbons (Fsp3) is 0.533. The lowest BCUT2D eigenvalue weighted by Crippen LogP contribution is -2.33. The van der Waals surface area contributed by atoms with E-state index in [9.17, 15) is 13.2 Å². The van der Waals surface area contributed by atoms with E-state index in [2.05, 4.69) is 10.2 Å². The van der Waals surface area contributed by atoms with Crippen LogP contribution in [0.3, 0.4) is 0 Å². The number of rotatable bonds is 6. The average molecular weight is 310 g/mol. The molecule has 1 fully saturated rings. The Labute approximate surface area is 126 Å². The maximum Gasteiger partial charge on any atom is 0.224 e. The first-order chi connectivity index (χ1) is 9.98. The summed E-state index contributed by atoms with van der Waals surface area (Å²) in [4.78, 5) is 14.0. The van der Waals surface area contributed by atoms with Gasteiger partial charge in [-0.25, -0.2) is 8.42 Å². The lowest BCUT2D eigenvalue weighted by Gasteiger charge is -2.19. The molecule has 6 heteroatoms. The van der Waals surface area contributed by atoms with Gasteiger partial charge in [0, 0.05) is 25.8 Å². The summed E-state index contributed by atoms with van der Waals surface area (Å²) >= 11 is 0. The highest BCUT2D eigenvalue weighted by Gasteiger charge is 2.32. The minimum absolute atomic E-state index is 0.00273. The first-order valence-corrected chi connectivity index (χ1v) is 9.04. The van der Waals surface area contributed by atoms with Crippen LogP contribution in [0.5, 0.6) is 0 Å². The summed E-state index contributed by atoms with van der Waals surface area (Å²) in [5.74, 6) is -0.342. The molecule has 1 saturated heterocycles. The number of anilines is 1. The third kappa shape index (κ3) is 4.74. The largest absolute Gasteiger partial charge is 0.375 e. The van der Waals surface area contributed by atoms with Crippen LogP contribution in [-0.2, 0) is 14.6 Å². The van der Waals surface area contributed by atoms with Crippen molar-refractivity contribution in [3.63, 3.8) is 0 Å². The number of carbonyl (C=O) groups excluding carboxylic acids is 1. The molecule has 0 unspecified atom stereocenters. The van der Waals surface area contributed by atoms with Gasteiger partial charge in [0.1, 0.15) is 0 Å². The van der Waals surface area contributed by atoms with E-state index in [1.54, 1.807) is 0 Å². The van der Waals surface area contributed by atoms with Gasteiger partial charge >= 0.3 is 0 Å². The fourth-order valence-corrected chi connectivity index (χ4v) is 4.23. The Morgan fingerprint density at radius 3 is 2.67 bits per heavy atom. The Morgan fingerprint density at radius 1 is 1.33 bits per heavy atom. The third-order valence-electron chi connectivity index (χ3n) is 3.77. The Morgan fingerprint density at radius 2 is 2.05 bits per heavy atom. The minimum Gasteiger partial charge on any atom is -0.375 e. The van der Waals surface area contributed by atoms with Crippen molar-refractivity contribution in [2.75, 3.05) is 36.5 Å². The van der Waals surface area contributed by atoms with Gasteiger partial charge in [-0.05, 0) is 25.0 Å². The molecular formula is C15H22N2O3S. The Hall–Kier alpha value is -1.56. The van der Waals surface area contributed by atoms with Crippen LogP contribution in [0, 0.1) is 5.92 Å². The molecule has 1 atom stereocenters. The Bertz CT molecular complexity index is 572. The van der Waals surface area contributed by atoms with Crippen LogP contribution in [0.2, 0.25) is 0 Å². The van der Waals surface area contributed by atoms with Gasteiger partial charge in [0.05, 0.1) is 17.4 Å². The maximum absolute atomic E-state index is 11.9. The standard InChI is InChI=1S/C15H22N2O3S/c1-17(14-6-3-2-4-7-14)10-5-9-16-15(18)13-8-11-21(19,20)12-13/h2-4,6-7,13H,5,8-12H2,1H3,(H,16,18)/t13-/m0/s1. The molecule has 1 N–H and O–H groups in total. The molecule has 5 nitrogen and oxygen atoms in total. The summed E-state index contributed by atoms with van der Waals surface area (Å²) < 4.78 is 22.7. The van der Waals surface area contributed by atoms with E-state index in [-0.39, 0.29) is 23.3 Å². The zero-order chi connectivity index (χ0) is 15.3. The second-order valence-corrected chi connectivity index (χ2v) is 7.73. The van der Waals surface area contributed by atoms with Crippen LogP contribution in [-0.4, -0.2) is 46.0 Å². The van der Waals surface area contributed by atoms with E-state index >= 15 is 0 Å². The molecule has 1 heterocycles. The van der Waals surface area contributed by atoms with Crippen LogP contribution in [0.25, 0.3) is 0 Å². The average Bonchev–Trinajstić information content (AvgIpc) is 2.84. The molecule has 2 rings (SSSR count). The SMILES string of the molecule is CN(CCCNC(=O)[C@H]1CCS(=O)(=O)C1)c1ccccc1. The van der Waals surface area contributed by atoms with Crippen LogP contribution in [0.15, 0.2) is 30.3 Å². The first-order valence-electron chi connectivity index (χ1n) is 7.22. The molecule has 21 heavy (non-hydrogen) atoms. The quantitative estimate of drug-likeness (QED) is 0.798. The lowest BCUT2D eigenvalue weighted by atomic mass is 10.1. The molecule has 0 saturated carbocycles. The van der Waals surface area contributed by atoms with Crippen molar-refractivity contribution in [3.8, 4) is 0 Å². The summed E-state index contributed by atoms with van der Waals surface area (Å²) in [5, 5.41) is 2.84. The van der Waals surface area contributed by atoms with E-state index in [0.717, 1.165) is 18.7 Å². The molecule has 116 valence electrons. The van der Waals surface area contributed by atoms with Gasteiger partial charge in [-0.2, -0.15) is 0 Å². The molecule has 1 aliphatic heterocycles. The number of para-hydroxylation sites is 1. The number of hydrogen-bond acceptors (Lipinski definition) is 4. The third-order valence-corrected chi connectivity index (χ3v) is 5.54. The topological polar surface area (TPSA) is 66.5 Å². The second kappa shape index (κ2) is 6.93. The summed E-state index contributed by atoms with van der Waals surface area (Å²) in [6.45, 7) is 1.42. The summed E-state index contributed by atoms with van der Waals surface area (Å²) in [6.07, 6.45) is 1.29. The number of sulfone groups is 1. The predicted molar refractivity (Wildman–Crippen MR) is 84.1 cm³/mol. The van der Waals surface area contributed by atoms with Gasteiger partial charge in [-0.3, -0.25) is 4.79 Å². The fourth-order valence-electron chi connectivity index (χ4n) is 2.49. The molecule has 1 amide bonds. The number of hydrogen-bond donors (Lipinski definition) is 1. The van der Waals surface area contributed by atoms with Crippen LogP contribution in [0.1, 0.15) is 12.8 Å². The number of nitrogens with zero attached hydrogens (tertiary/aromatic N) is 1. The maximum atomic E-state index is 11.9. The number of carbonyl (C=O) groups is 1. The summed E-state index contributed by atoms with van der Waals surface area (Å²) in [7, 11) is -0.975. The molecule has 1 aromatic rings. The minimum atomic E-state index is -2.99. The van der Waals surface area contributed by atoms with Crippen molar-refractivity contribution in [2.45, 2.75) is 12.8 Å². The van der Waals surface area contributed by atoms with Gasteiger partial charge in [0.2, 0.25) is 5.91 Å². The Kier molecular flexibility index (Phi) is 5.22. The molecule has 0 aliphatic carbocycles. The van der Waals surface area contributed by atoms with Gasteiger partial charge in [0.25, 0.3) is 0 Å². The highest BCUT2D eigenvalue weighted by atomic mass is 32.2. The molecule has 0 bridgehead atoms. The molecular weight excluding hydrogens is 288 g/mol. The summed E-state index contributed by atoms with van der Waals surface area (Å²) in [5.41, 5.74) is 1.14. The van der Waals surface area contributed by atoms with Gasteiger partial charge in [-0.1, -0.05) is 18.2 Å². The van der Waals surface area contributed by atoms with E-state index in [0.29, 0.717) is 13.0 Å². The molecule has 0 radical (unpaired) electrons. The molecule has 0 aromatic heterocycles. The van der Waals surface area contributed by atoms with Gasteiger partial charge < -0.3 is 10.2 Å². The molecule has 0 spiro atoms. The summed E-state index contributed by atoms with van der Waals surface area (Å²) in [6, 6.07) is 10.1. The normalized spacial score (nSPS) is 20.1. The number of benzene rings is 1. The van der Waals surface area contributed by atoms with Gasteiger partial charge in [-0.15, -0.1) is 0 Å². The van der Waals surface area contributed by atoms with Crippen molar-refractivity contribution in [1.29, 1.82) is 0 Å². The molecule has 1 aromatic carbocycles. The number of amides is 1. The van der Waals surface area contributed by atoms with Crippen molar-refractivity contribution in [1.82, 2.24) is 5.32 Å². The van der Waals surface area contributed by atoms with Gasteiger partial charge in [0.15, 0.2) is 9.84 Å². The monoisotopic (exact) mass is 310 g/mol. The zero-order valence-electron chi connectivity index (χ0n) is 12.3. The first kappa shape index (κ1) is 15.8. The Balaban J connectivity index is 1.67. The van der Waals surface area contributed by atoms with E-state index < -0.39 is 9.84 Å². The predicted octanol–water partition coefficient (Wildman–Crippen LogP) is 1.06. The van der Waals surface area contributed by atoms with Crippen LogP contribution < -0.4 is 10.2 Å². The lowest BCUT2D eigenvalue weighted by molar-refractivity contribution is -0.124. The highest BCUT2D eigenvalue weighted by molar-refractivity contribution is 7.91. The van der Waals surface area contributed by atoms with Crippen molar-refractivity contribution in [3.05, 3.63) is 30.3 Å². The molecule has 1 aliphatic rings. The van der Waals surface area contributed by atoms with Crippen molar-refractivity contribution in [2.24, 2.45) is 5.92 Å².